The Morgan fingerprint density at radius 1 is 1.47 bits per heavy atom. The largest absolute Gasteiger partial charge is 0.461 e. The van der Waals surface area contributed by atoms with Crippen molar-refractivity contribution in [3.05, 3.63) is 47.9 Å². The van der Waals surface area contributed by atoms with Gasteiger partial charge in [-0.15, -0.1) is 0 Å². The van der Waals surface area contributed by atoms with Gasteiger partial charge in [-0.3, -0.25) is 4.79 Å². The van der Waals surface area contributed by atoms with Gasteiger partial charge in [-0.25, -0.2) is 9.97 Å². The first-order valence-electron chi connectivity index (χ1n) is 4.59. The van der Waals surface area contributed by atoms with Gasteiger partial charge in [0.2, 0.25) is 5.78 Å². The molecule has 0 radical (unpaired) electrons. The summed E-state index contributed by atoms with van der Waals surface area (Å²) in [4.78, 5) is 19.5. The van der Waals surface area contributed by atoms with Crippen molar-refractivity contribution in [2.75, 3.05) is 0 Å². The first-order chi connectivity index (χ1) is 7.27. The highest BCUT2D eigenvalue weighted by atomic mass is 16.3. The summed E-state index contributed by atoms with van der Waals surface area (Å²) in [6.45, 7) is 1.84. The van der Waals surface area contributed by atoms with E-state index in [9.17, 15) is 4.79 Å². The lowest BCUT2D eigenvalue weighted by Crippen LogP contribution is -2.05. The lowest BCUT2D eigenvalue weighted by Gasteiger charge is -1.97. The maximum Gasteiger partial charge on any atom is 0.204 e. The molecule has 0 saturated carbocycles. The van der Waals surface area contributed by atoms with Gasteiger partial charge >= 0.3 is 0 Å². The predicted molar refractivity (Wildman–Crippen MR) is 53.5 cm³/mol. The molecule has 0 N–H and O–H groups in total. The van der Waals surface area contributed by atoms with E-state index in [0.29, 0.717) is 11.5 Å². The first-order valence-corrected chi connectivity index (χ1v) is 4.59. The summed E-state index contributed by atoms with van der Waals surface area (Å²) in [5.41, 5.74) is 1.56. The lowest BCUT2D eigenvalue weighted by atomic mass is 10.1. The van der Waals surface area contributed by atoms with Crippen molar-refractivity contribution in [3.8, 4) is 0 Å². The zero-order valence-corrected chi connectivity index (χ0v) is 8.30. The number of ketones is 1. The van der Waals surface area contributed by atoms with Crippen molar-refractivity contribution >= 4 is 5.78 Å². The van der Waals surface area contributed by atoms with Crippen molar-refractivity contribution in [3.63, 3.8) is 0 Å². The zero-order valence-electron chi connectivity index (χ0n) is 8.30. The fourth-order valence-electron chi connectivity index (χ4n) is 1.33. The minimum Gasteiger partial charge on any atom is -0.461 e. The van der Waals surface area contributed by atoms with E-state index in [2.05, 4.69) is 9.97 Å². The molecule has 0 amide bonds. The molecule has 2 aromatic rings. The van der Waals surface area contributed by atoms with Crippen molar-refractivity contribution in [2.24, 2.45) is 0 Å². The number of furan rings is 1. The van der Waals surface area contributed by atoms with Crippen LogP contribution in [0.3, 0.4) is 0 Å². The fraction of sp³-hybridized carbons (Fsp3) is 0.182. The highest BCUT2D eigenvalue weighted by molar-refractivity contribution is 5.95. The molecule has 0 atom stereocenters. The van der Waals surface area contributed by atoms with Crippen LogP contribution in [0.1, 0.15) is 21.8 Å². The second kappa shape index (κ2) is 4.04. The molecule has 15 heavy (non-hydrogen) atoms. The number of rotatable bonds is 3. The van der Waals surface area contributed by atoms with Gasteiger partial charge in [0.1, 0.15) is 6.33 Å². The summed E-state index contributed by atoms with van der Waals surface area (Å²) in [5, 5.41) is 0. The van der Waals surface area contributed by atoms with E-state index >= 15 is 0 Å². The molecule has 2 aromatic heterocycles. The van der Waals surface area contributed by atoms with Crippen LogP contribution in [0.25, 0.3) is 0 Å². The van der Waals surface area contributed by atoms with Gasteiger partial charge in [0.05, 0.1) is 18.4 Å². The molecule has 2 heterocycles. The topological polar surface area (TPSA) is 56.0 Å². The van der Waals surface area contributed by atoms with Gasteiger partial charge in [-0.1, -0.05) is 0 Å². The number of hydrogen-bond donors (Lipinski definition) is 0. The Morgan fingerprint density at radius 2 is 2.33 bits per heavy atom. The molecule has 0 fully saturated rings. The van der Waals surface area contributed by atoms with Gasteiger partial charge in [0, 0.05) is 6.20 Å². The number of aryl methyl sites for hydroxylation is 1. The normalized spacial score (nSPS) is 10.2. The summed E-state index contributed by atoms with van der Waals surface area (Å²) >= 11 is 0. The van der Waals surface area contributed by atoms with Gasteiger partial charge in [-0.2, -0.15) is 0 Å². The van der Waals surface area contributed by atoms with Crippen molar-refractivity contribution in [1.82, 2.24) is 9.97 Å². The van der Waals surface area contributed by atoms with E-state index in [1.54, 1.807) is 18.3 Å². The summed E-state index contributed by atoms with van der Waals surface area (Å²) in [6, 6.07) is 3.49. The Labute approximate surface area is 87.0 Å². The molecule has 76 valence electrons. The monoisotopic (exact) mass is 202 g/mol. The number of carbonyl (C=O) groups is 1. The van der Waals surface area contributed by atoms with Gasteiger partial charge in [-0.05, 0) is 24.6 Å². The molecule has 4 heteroatoms. The third kappa shape index (κ3) is 2.10. The van der Waals surface area contributed by atoms with Crippen molar-refractivity contribution in [1.29, 1.82) is 0 Å². The summed E-state index contributed by atoms with van der Waals surface area (Å²) in [6.07, 6.45) is 4.81. The smallest absolute Gasteiger partial charge is 0.204 e. The third-order valence-electron chi connectivity index (χ3n) is 2.10. The molecule has 0 aliphatic heterocycles. The molecule has 0 aromatic carbocycles. The lowest BCUT2D eigenvalue weighted by molar-refractivity contribution is 0.0964. The molecule has 0 saturated heterocycles. The minimum atomic E-state index is -0.0591. The number of nitrogens with zero attached hydrogens (tertiary/aromatic N) is 2. The van der Waals surface area contributed by atoms with E-state index in [4.69, 9.17) is 4.42 Å². The Hall–Kier alpha value is -1.97. The van der Waals surface area contributed by atoms with Gasteiger partial charge < -0.3 is 4.42 Å². The molecular formula is C11H10N2O2. The molecule has 2 rings (SSSR count). The van der Waals surface area contributed by atoms with E-state index < -0.39 is 0 Å². The second-order valence-corrected chi connectivity index (χ2v) is 3.23. The van der Waals surface area contributed by atoms with Gasteiger partial charge in [0.15, 0.2) is 5.76 Å². The second-order valence-electron chi connectivity index (χ2n) is 3.23. The van der Waals surface area contributed by atoms with Crippen molar-refractivity contribution in [2.45, 2.75) is 13.3 Å². The molecular weight excluding hydrogens is 192 g/mol. The standard InChI is InChI=1S/C11H10N2O2/c1-8-3-5-15-11(8)10(14)6-9-2-4-12-7-13-9/h2-5,7H,6H2,1H3. The van der Waals surface area contributed by atoms with Crippen LogP contribution in [0, 0.1) is 6.92 Å². The highest BCUT2D eigenvalue weighted by Crippen LogP contribution is 2.11. The average molecular weight is 202 g/mol. The van der Waals surface area contributed by atoms with E-state index in [-0.39, 0.29) is 12.2 Å². The van der Waals surface area contributed by atoms with Crippen molar-refractivity contribution < 1.29 is 9.21 Å². The number of carbonyl (C=O) groups excluding carboxylic acids is 1. The van der Waals surface area contributed by atoms with Crippen LogP contribution in [0.5, 0.6) is 0 Å². The molecule has 0 aliphatic rings. The Balaban J connectivity index is 2.15. The summed E-state index contributed by atoms with van der Waals surface area (Å²) in [5.74, 6) is 0.352. The van der Waals surface area contributed by atoms with Crippen LogP contribution in [0.4, 0.5) is 0 Å². The Kier molecular flexibility index (Phi) is 2.58. The van der Waals surface area contributed by atoms with Gasteiger partial charge in [0.25, 0.3) is 0 Å². The first kappa shape index (κ1) is 9.58. The Bertz CT molecular complexity index is 462. The average Bonchev–Trinajstić information content (AvgIpc) is 2.66. The SMILES string of the molecule is Cc1ccoc1C(=O)Cc1ccncn1. The predicted octanol–water partition coefficient (Wildman–Crippen LogP) is 1.80. The third-order valence-corrected chi connectivity index (χ3v) is 2.10. The summed E-state index contributed by atoms with van der Waals surface area (Å²) in [7, 11) is 0. The maximum atomic E-state index is 11.7. The highest BCUT2D eigenvalue weighted by Gasteiger charge is 2.13. The fourth-order valence-corrected chi connectivity index (χ4v) is 1.33. The molecule has 4 nitrogen and oxygen atoms in total. The Morgan fingerprint density at radius 3 is 2.93 bits per heavy atom. The molecule has 0 bridgehead atoms. The summed E-state index contributed by atoms with van der Waals surface area (Å²) < 4.78 is 5.11. The van der Waals surface area contributed by atoms with Crippen LogP contribution in [0.2, 0.25) is 0 Å². The van der Waals surface area contributed by atoms with E-state index in [0.717, 1.165) is 5.56 Å². The van der Waals surface area contributed by atoms with Crippen LogP contribution in [0.15, 0.2) is 35.3 Å². The molecule has 0 unspecified atom stereocenters. The molecule has 0 aliphatic carbocycles. The minimum absolute atomic E-state index is 0.0591. The number of hydrogen-bond acceptors (Lipinski definition) is 4. The van der Waals surface area contributed by atoms with E-state index in [1.165, 1.54) is 12.6 Å². The maximum absolute atomic E-state index is 11.7. The molecule has 0 spiro atoms. The number of aromatic nitrogens is 2. The van der Waals surface area contributed by atoms with E-state index in [1.807, 2.05) is 6.92 Å². The van der Waals surface area contributed by atoms with Crippen LogP contribution in [-0.2, 0) is 6.42 Å². The van der Waals surface area contributed by atoms with Crippen LogP contribution >= 0.6 is 0 Å². The van der Waals surface area contributed by atoms with Crippen LogP contribution < -0.4 is 0 Å². The zero-order chi connectivity index (χ0) is 10.7. The quantitative estimate of drug-likeness (QED) is 0.712. The van der Waals surface area contributed by atoms with Crippen LogP contribution in [-0.4, -0.2) is 15.8 Å². The number of Topliss-reactive ketones (excluding diaryl/α,β-unsaturated/α-hetero) is 1.